The molecule has 0 fully saturated rings. The molecule has 10 heteroatoms. The van der Waals surface area contributed by atoms with E-state index < -0.39 is 6.03 Å². The summed E-state index contributed by atoms with van der Waals surface area (Å²) in [6.45, 7) is 5.52. The first-order valence-corrected chi connectivity index (χ1v) is 13.7. The van der Waals surface area contributed by atoms with Gasteiger partial charge in [0, 0.05) is 31.2 Å². The van der Waals surface area contributed by atoms with Gasteiger partial charge in [0.05, 0.1) is 23.9 Å². The number of anilines is 2. The van der Waals surface area contributed by atoms with Gasteiger partial charge in [0.2, 0.25) is 6.79 Å². The number of benzene rings is 3. The highest BCUT2D eigenvalue weighted by atomic mass is 16.7. The molecule has 2 aliphatic heterocycles. The molecule has 10 nitrogen and oxygen atoms in total. The molecule has 5 rings (SSSR count). The number of nitrogens with zero attached hydrogens (tertiary/aromatic N) is 2. The number of hydrogen-bond acceptors (Lipinski definition) is 7. The zero-order chi connectivity index (χ0) is 28.9. The Balaban J connectivity index is 1.40. The number of rotatable bonds is 8. The molecule has 41 heavy (non-hydrogen) atoms. The quantitative estimate of drug-likeness (QED) is 0.374. The second kappa shape index (κ2) is 12.5. The van der Waals surface area contributed by atoms with E-state index in [9.17, 15) is 14.7 Å². The molecule has 0 aliphatic carbocycles. The Morgan fingerprint density at radius 1 is 1.07 bits per heavy atom. The van der Waals surface area contributed by atoms with E-state index in [2.05, 4.69) is 15.5 Å². The standard InChI is InChI=1S/C31H36N4O6/c1-20-15-35(21(2)18-36)30(37)24-10-7-11-25(33-31(38)32-23-8-5-4-6-9-23)29(24)41-28(20)17-34(3)16-22-12-13-26-27(14-22)40-19-39-26/h4-14,20-21,28,36H,15-19H2,1-3H3,(H2,32,33,38)/t20-,21-,28+/m1/s1. The first-order chi connectivity index (χ1) is 19.8. The molecule has 0 spiro atoms. The lowest BCUT2D eigenvalue weighted by Gasteiger charge is -2.38. The van der Waals surface area contributed by atoms with Crippen molar-refractivity contribution >= 4 is 23.3 Å². The minimum Gasteiger partial charge on any atom is -0.486 e. The van der Waals surface area contributed by atoms with Crippen molar-refractivity contribution in [3.05, 3.63) is 77.9 Å². The van der Waals surface area contributed by atoms with E-state index >= 15 is 0 Å². The zero-order valence-corrected chi connectivity index (χ0v) is 23.5. The molecule has 0 saturated carbocycles. The van der Waals surface area contributed by atoms with Gasteiger partial charge in [0.15, 0.2) is 17.2 Å². The second-order valence-corrected chi connectivity index (χ2v) is 10.6. The van der Waals surface area contributed by atoms with E-state index in [1.165, 1.54) is 0 Å². The minimum atomic E-state index is -0.451. The van der Waals surface area contributed by atoms with Gasteiger partial charge in [-0.05, 0) is 55.9 Å². The number of fused-ring (bicyclic) bond motifs is 2. The summed E-state index contributed by atoms with van der Waals surface area (Å²) in [5, 5.41) is 15.6. The van der Waals surface area contributed by atoms with Gasteiger partial charge in [-0.25, -0.2) is 4.79 Å². The third kappa shape index (κ3) is 6.55. The highest BCUT2D eigenvalue weighted by molar-refractivity contribution is 6.04. The fraction of sp³-hybridized carbons (Fsp3) is 0.355. The van der Waals surface area contributed by atoms with Gasteiger partial charge in [-0.1, -0.05) is 37.3 Å². The van der Waals surface area contributed by atoms with E-state index in [0.717, 1.165) is 17.1 Å². The van der Waals surface area contributed by atoms with Crippen LogP contribution in [0.3, 0.4) is 0 Å². The SMILES string of the molecule is C[C@@H]1CN([C@H](C)CO)C(=O)c2cccc(NC(=O)Nc3ccccc3)c2O[C@H]1CN(C)Cc1ccc2c(c1)OCO2. The van der Waals surface area contributed by atoms with Crippen molar-refractivity contribution in [3.63, 3.8) is 0 Å². The van der Waals surface area contributed by atoms with Crippen molar-refractivity contribution in [2.45, 2.75) is 32.5 Å². The molecule has 3 N–H and O–H groups in total. The van der Waals surface area contributed by atoms with E-state index in [1.54, 1.807) is 35.2 Å². The zero-order valence-electron chi connectivity index (χ0n) is 23.5. The summed E-state index contributed by atoms with van der Waals surface area (Å²) < 4.78 is 17.6. The summed E-state index contributed by atoms with van der Waals surface area (Å²) in [7, 11) is 2.01. The van der Waals surface area contributed by atoms with Gasteiger partial charge in [0.25, 0.3) is 5.91 Å². The van der Waals surface area contributed by atoms with Crippen LogP contribution in [0.15, 0.2) is 66.7 Å². The molecular weight excluding hydrogens is 524 g/mol. The number of likely N-dealkylation sites (N-methyl/N-ethyl adjacent to an activating group) is 1. The number of aliphatic hydroxyl groups is 1. The Morgan fingerprint density at radius 3 is 2.63 bits per heavy atom. The van der Waals surface area contributed by atoms with Crippen LogP contribution in [0.2, 0.25) is 0 Å². The van der Waals surface area contributed by atoms with Crippen molar-refractivity contribution in [2.75, 3.05) is 44.2 Å². The minimum absolute atomic E-state index is 0.0773. The second-order valence-electron chi connectivity index (χ2n) is 10.6. The third-order valence-electron chi connectivity index (χ3n) is 7.35. The molecule has 3 atom stereocenters. The Labute approximate surface area is 239 Å². The highest BCUT2D eigenvalue weighted by Crippen LogP contribution is 2.36. The molecule has 2 aliphatic rings. The number of hydrogen-bond donors (Lipinski definition) is 3. The van der Waals surface area contributed by atoms with Crippen LogP contribution in [0.25, 0.3) is 0 Å². The number of carbonyl (C=O) groups excluding carboxylic acids is 2. The maximum absolute atomic E-state index is 13.7. The lowest BCUT2D eigenvalue weighted by molar-refractivity contribution is 0.0343. The van der Waals surface area contributed by atoms with Gasteiger partial charge in [0.1, 0.15) is 6.10 Å². The fourth-order valence-corrected chi connectivity index (χ4v) is 5.09. The number of ether oxygens (including phenoxy) is 3. The van der Waals surface area contributed by atoms with Crippen molar-refractivity contribution in [2.24, 2.45) is 5.92 Å². The van der Waals surface area contributed by atoms with Crippen molar-refractivity contribution in [1.29, 1.82) is 0 Å². The summed E-state index contributed by atoms with van der Waals surface area (Å²) >= 11 is 0. The molecule has 216 valence electrons. The summed E-state index contributed by atoms with van der Waals surface area (Å²) in [6, 6.07) is 19.3. The topological polar surface area (TPSA) is 113 Å². The van der Waals surface area contributed by atoms with E-state index in [0.29, 0.717) is 42.3 Å². The maximum atomic E-state index is 13.7. The summed E-state index contributed by atoms with van der Waals surface area (Å²) in [5.41, 5.74) is 2.43. The number of carbonyl (C=O) groups is 2. The molecule has 3 aromatic rings. The Morgan fingerprint density at radius 2 is 1.85 bits per heavy atom. The average Bonchev–Trinajstić information content (AvgIpc) is 3.43. The molecular formula is C31H36N4O6. The first kappa shape index (κ1) is 28.3. The Kier molecular flexibility index (Phi) is 8.61. The van der Waals surface area contributed by atoms with Crippen LogP contribution in [-0.4, -0.2) is 72.5 Å². The van der Waals surface area contributed by atoms with Crippen molar-refractivity contribution in [1.82, 2.24) is 9.80 Å². The molecule has 0 bridgehead atoms. The molecule has 0 saturated heterocycles. The van der Waals surface area contributed by atoms with E-state index in [1.807, 2.05) is 57.3 Å². The third-order valence-corrected chi connectivity index (χ3v) is 7.35. The van der Waals surface area contributed by atoms with Crippen molar-refractivity contribution < 1.29 is 28.9 Å². The Hall–Kier alpha value is -4.28. The molecule has 3 amide bonds. The van der Waals surface area contributed by atoms with Crippen LogP contribution in [0.1, 0.15) is 29.8 Å². The number of nitrogens with one attached hydrogen (secondary N) is 2. The smallest absolute Gasteiger partial charge is 0.323 e. The van der Waals surface area contributed by atoms with Gasteiger partial charge >= 0.3 is 6.03 Å². The predicted octanol–water partition coefficient (Wildman–Crippen LogP) is 4.41. The van der Waals surface area contributed by atoms with Crippen LogP contribution in [-0.2, 0) is 6.54 Å². The lowest BCUT2D eigenvalue weighted by atomic mass is 9.99. The maximum Gasteiger partial charge on any atom is 0.323 e. The van der Waals surface area contributed by atoms with Gasteiger partial charge in [-0.2, -0.15) is 0 Å². The van der Waals surface area contributed by atoms with Crippen LogP contribution in [0.5, 0.6) is 17.2 Å². The molecule has 0 unspecified atom stereocenters. The number of urea groups is 1. The fourth-order valence-electron chi connectivity index (χ4n) is 5.09. The summed E-state index contributed by atoms with van der Waals surface area (Å²) in [6.07, 6.45) is -0.325. The van der Waals surface area contributed by atoms with Crippen LogP contribution in [0, 0.1) is 5.92 Å². The summed E-state index contributed by atoms with van der Waals surface area (Å²) in [5.74, 6) is 1.45. The lowest BCUT2D eigenvalue weighted by Crippen LogP contribution is -2.49. The van der Waals surface area contributed by atoms with E-state index in [-0.39, 0.29) is 37.4 Å². The normalized spacial score (nSPS) is 18.7. The van der Waals surface area contributed by atoms with Crippen molar-refractivity contribution in [3.8, 4) is 17.2 Å². The monoisotopic (exact) mass is 560 g/mol. The van der Waals surface area contributed by atoms with Gasteiger partial charge in [-0.3, -0.25) is 9.69 Å². The number of aliphatic hydroxyl groups excluding tert-OH is 1. The van der Waals surface area contributed by atoms with Crippen LogP contribution >= 0.6 is 0 Å². The molecule has 0 radical (unpaired) electrons. The van der Waals surface area contributed by atoms with E-state index in [4.69, 9.17) is 14.2 Å². The average molecular weight is 561 g/mol. The van der Waals surface area contributed by atoms with Crippen LogP contribution < -0.4 is 24.8 Å². The largest absolute Gasteiger partial charge is 0.486 e. The Bertz CT molecular complexity index is 1380. The predicted molar refractivity (Wildman–Crippen MR) is 156 cm³/mol. The highest BCUT2D eigenvalue weighted by Gasteiger charge is 2.34. The summed E-state index contributed by atoms with van der Waals surface area (Å²) in [4.78, 5) is 30.4. The molecule has 0 aromatic heterocycles. The van der Waals surface area contributed by atoms with Gasteiger partial charge < -0.3 is 34.9 Å². The first-order valence-electron chi connectivity index (χ1n) is 13.7. The number of para-hydroxylation sites is 2. The van der Waals surface area contributed by atoms with Crippen LogP contribution in [0.4, 0.5) is 16.2 Å². The molecule has 2 heterocycles. The van der Waals surface area contributed by atoms with Gasteiger partial charge in [-0.15, -0.1) is 0 Å². The molecule has 3 aromatic carbocycles. The number of amides is 3.